The molecule has 5 rings (SSSR count). The number of ether oxygens (including phenoxy) is 2. The Labute approximate surface area is 205 Å². The summed E-state index contributed by atoms with van der Waals surface area (Å²) in [6, 6.07) is 25.3. The van der Waals surface area contributed by atoms with Crippen molar-refractivity contribution in [2.24, 2.45) is 17.8 Å². The van der Waals surface area contributed by atoms with E-state index in [1.807, 2.05) is 6.07 Å². The van der Waals surface area contributed by atoms with E-state index in [2.05, 4.69) is 87.5 Å². The molecule has 0 spiro atoms. The Morgan fingerprint density at radius 3 is 2.15 bits per heavy atom. The molecule has 4 atom stereocenters. The lowest BCUT2D eigenvalue weighted by molar-refractivity contribution is 0.174. The van der Waals surface area contributed by atoms with Gasteiger partial charge in [-0.1, -0.05) is 87.9 Å². The molecular weight excluding hydrogens is 458 g/mol. The van der Waals surface area contributed by atoms with Crippen molar-refractivity contribution in [1.82, 2.24) is 0 Å². The summed E-state index contributed by atoms with van der Waals surface area (Å²) in [5.74, 6) is 3.22. The van der Waals surface area contributed by atoms with Gasteiger partial charge in [-0.15, -0.1) is 0 Å². The molecule has 1 fully saturated rings. The van der Waals surface area contributed by atoms with Crippen LogP contribution in [0.2, 0.25) is 0 Å². The lowest BCUT2D eigenvalue weighted by atomic mass is 9.77. The van der Waals surface area contributed by atoms with Crippen LogP contribution in [-0.4, -0.2) is 12.5 Å². The molecule has 34 heavy (non-hydrogen) atoms. The van der Waals surface area contributed by atoms with E-state index in [9.17, 15) is 4.57 Å². The fraction of sp³-hybridized carbons (Fsp3) is 0.379. The van der Waals surface area contributed by atoms with Crippen molar-refractivity contribution in [2.75, 3.05) is 6.79 Å². The van der Waals surface area contributed by atoms with Crippen LogP contribution in [0.25, 0.3) is 0 Å². The van der Waals surface area contributed by atoms with Crippen LogP contribution in [0.1, 0.15) is 40.0 Å². The van der Waals surface area contributed by atoms with Gasteiger partial charge in [-0.2, -0.15) is 0 Å². The van der Waals surface area contributed by atoms with Crippen molar-refractivity contribution >= 4 is 36.9 Å². The first kappa shape index (κ1) is 23.7. The minimum absolute atomic E-state index is 0.217. The van der Waals surface area contributed by atoms with Gasteiger partial charge >= 0.3 is 0 Å². The van der Waals surface area contributed by atoms with E-state index in [-0.39, 0.29) is 12.5 Å². The van der Waals surface area contributed by atoms with Gasteiger partial charge in [-0.25, -0.2) is 0 Å². The Morgan fingerprint density at radius 2 is 1.53 bits per heavy atom. The summed E-state index contributed by atoms with van der Waals surface area (Å²) >= 11 is 0. The maximum Gasteiger partial charge on any atom is 0.231 e. The van der Waals surface area contributed by atoms with Crippen molar-refractivity contribution in [2.45, 2.75) is 45.7 Å². The molecule has 2 aliphatic rings. The topological polar surface area (TPSA) is 35.5 Å². The molecule has 1 unspecified atom stereocenters. The highest BCUT2D eigenvalue weighted by Gasteiger charge is 2.38. The Kier molecular flexibility index (Phi) is 7.14. The molecule has 0 saturated heterocycles. The third-order valence-electron chi connectivity index (χ3n) is 7.39. The number of hydrogen-bond acceptors (Lipinski definition) is 3. The monoisotopic (exact) mass is 492 g/mol. The Bertz CT molecular complexity index is 1110. The van der Waals surface area contributed by atoms with Gasteiger partial charge in [-0.3, -0.25) is 0 Å². The maximum absolute atomic E-state index is 14.5. The van der Waals surface area contributed by atoms with E-state index >= 15 is 0 Å². The van der Waals surface area contributed by atoms with Crippen LogP contribution in [0.3, 0.4) is 0 Å². The molecule has 0 N–H and O–H groups in total. The van der Waals surface area contributed by atoms with E-state index in [1.54, 1.807) is 0 Å². The van der Waals surface area contributed by atoms with Gasteiger partial charge in [-0.05, 0) is 61.3 Å². The van der Waals surface area contributed by atoms with Crippen molar-refractivity contribution in [3.8, 4) is 11.5 Å². The smallest absolute Gasteiger partial charge is 0.231 e. The standard InChI is InChI=1S/C29H34O3P2/c1-20(2)24-15-14-21(3)18-27(24)34(30)26-17-16-25-28(32-19-31-25)29(26)33(22-10-6-4-7-11-22)23-12-8-5-9-13-23/h4-13,16-17,20-21,24,27,34H,14-15,18-19H2,1-3H3/t21-,24+,27-/m1/s1. The van der Waals surface area contributed by atoms with E-state index in [0.717, 1.165) is 28.5 Å². The molecule has 1 aliphatic carbocycles. The molecule has 0 aromatic heterocycles. The van der Waals surface area contributed by atoms with Gasteiger partial charge in [0.05, 0.1) is 0 Å². The molecule has 3 aromatic carbocycles. The summed E-state index contributed by atoms with van der Waals surface area (Å²) in [6.07, 6.45) is 3.46. The van der Waals surface area contributed by atoms with Crippen LogP contribution in [0.4, 0.5) is 0 Å². The van der Waals surface area contributed by atoms with Crippen LogP contribution in [0.15, 0.2) is 72.8 Å². The zero-order valence-corrected chi connectivity index (χ0v) is 22.1. The zero-order chi connectivity index (χ0) is 23.7. The second-order valence-corrected chi connectivity index (χ2v) is 14.2. The van der Waals surface area contributed by atoms with Crippen molar-refractivity contribution in [3.63, 3.8) is 0 Å². The van der Waals surface area contributed by atoms with E-state index in [4.69, 9.17) is 9.47 Å². The molecular formula is C29H34O3P2. The molecule has 5 heteroatoms. The van der Waals surface area contributed by atoms with Gasteiger partial charge < -0.3 is 14.0 Å². The Hall–Kier alpha value is -2.08. The summed E-state index contributed by atoms with van der Waals surface area (Å²) in [5, 5.41) is 4.56. The predicted octanol–water partition coefficient (Wildman–Crippen LogP) is 5.82. The zero-order valence-electron chi connectivity index (χ0n) is 20.2. The van der Waals surface area contributed by atoms with Crippen LogP contribution in [-0.2, 0) is 4.57 Å². The van der Waals surface area contributed by atoms with Crippen LogP contribution >= 0.6 is 15.7 Å². The van der Waals surface area contributed by atoms with E-state index < -0.39 is 15.7 Å². The number of hydrogen-bond donors (Lipinski definition) is 0. The van der Waals surface area contributed by atoms with Crippen molar-refractivity contribution in [1.29, 1.82) is 0 Å². The predicted molar refractivity (Wildman–Crippen MR) is 145 cm³/mol. The third kappa shape index (κ3) is 4.58. The first-order valence-corrected chi connectivity index (χ1v) is 15.2. The minimum Gasteiger partial charge on any atom is -0.454 e. The molecule has 1 aliphatic heterocycles. The normalized spacial score (nSPS) is 22.8. The van der Waals surface area contributed by atoms with Crippen molar-refractivity contribution < 1.29 is 14.0 Å². The molecule has 0 bridgehead atoms. The quantitative estimate of drug-likeness (QED) is 0.407. The lowest BCUT2D eigenvalue weighted by Gasteiger charge is -2.37. The van der Waals surface area contributed by atoms with Crippen LogP contribution in [0.5, 0.6) is 11.5 Å². The second-order valence-electron chi connectivity index (χ2n) is 10.00. The largest absolute Gasteiger partial charge is 0.454 e. The van der Waals surface area contributed by atoms with Gasteiger partial charge in [0, 0.05) is 16.3 Å². The third-order valence-corrected chi connectivity index (χ3v) is 12.4. The summed E-state index contributed by atoms with van der Waals surface area (Å²) in [6.45, 7) is 7.13. The van der Waals surface area contributed by atoms with Crippen LogP contribution in [0, 0.1) is 17.8 Å². The highest BCUT2D eigenvalue weighted by molar-refractivity contribution is 7.81. The highest BCUT2D eigenvalue weighted by atomic mass is 31.1. The average molecular weight is 493 g/mol. The molecule has 178 valence electrons. The minimum atomic E-state index is -2.07. The SMILES string of the molecule is CC(C)[C@@H]1CC[C@@H](C)C[C@H]1[PH](=O)c1ccc2c(c1P(c1ccccc1)c1ccccc1)OCO2. The van der Waals surface area contributed by atoms with E-state index in [1.165, 1.54) is 23.5 Å². The summed E-state index contributed by atoms with van der Waals surface area (Å²) in [5.41, 5.74) is 0.233. The summed E-state index contributed by atoms with van der Waals surface area (Å²) in [4.78, 5) is 0. The number of rotatable bonds is 6. The molecule has 0 radical (unpaired) electrons. The number of fused-ring (bicyclic) bond motifs is 1. The molecule has 1 heterocycles. The highest BCUT2D eigenvalue weighted by Crippen LogP contribution is 2.49. The second kappa shape index (κ2) is 10.3. The summed E-state index contributed by atoms with van der Waals surface area (Å²) < 4.78 is 26.5. The van der Waals surface area contributed by atoms with E-state index in [0.29, 0.717) is 17.8 Å². The number of benzene rings is 3. The maximum atomic E-state index is 14.5. The Balaban J connectivity index is 1.69. The average Bonchev–Trinajstić information content (AvgIpc) is 3.34. The molecule has 3 aromatic rings. The molecule has 0 amide bonds. The first-order valence-electron chi connectivity index (χ1n) is 12.4. The van der Waals surface area contributed by atoms with Gasteiger partial charge in [0.25, 0.3) is 0 Å². The van der Waals surface area contributed by atoms with Gasteiger partial charge in [0.15, 0.2) is 11.5 Å². The fourth-order valence-corrected chi connectivity index (χ4v) is 11.3. The molecule has 3 nitrogen and oxygen atoms in total. The fourth-order valence-electron chi connectivity index (χ4n) is 5.64. The Morgan fingerprint density at radius 1 is 0.882 bits per heavy atom. The first-order chi connectivity index (χ1) is 16.5. The van der Waals surface area contributed by atoms with Crippen molar-refractivity contribution in [3.05, 3.63) is 72.8 Å². The molecule has 1 saturated carbocycles. The van der Waals surface area contributed by atoms with Gasteiger partial charge in [0.2, 0.25) is 6.79 Å². The summed E-state index contributed by atoms with van der Waals surface area (Å²) in [7, 11) is -3.01. The van der Waals surface area contributed by atoms with Gasteiger partial charge in [0.1, 0.15) is 7.80 Å². The van der Waals surface area contributed by atoms with Crippen LogP contribution < -0.4 is 30.7 Å². The lowest BCUT2D eigenvalue weighted by Crippen LogP contribution is -2.36.